The molecule has 2 aromatic carbocycles. The molecule has 0 unspecified atom stereocenters. The molecule has 0 spiro atoms. The molecule has 2 aromatic heterocycles. The minimum atomic E-state index is -3.53. The summed E-state index contributed by atoms with van der Waals surface area (Å²) in [4.78, 5) is 22.2. The van der Waals surface area contributed by atoms with Gasteiger partial charge in [0.25, 0.3) is 5.91 Å². The number of anilines is 1. The monoisotopic (exact) mass is 544 g/mol. The Morgan fingerprint density at radius 2 is 1.64 bits per heavy atom. The largest absolute Gasteiger partial charge is 0.367 e. The van der Waals surface area contributed by atoms with Crippen LogP contribution in [-0.2, 0) is 10.0 Å². The number of fused-ring (bicyclic) bond motifs is 1. The Morgan fingerprint density at radius 3 is 2.28 bits per heavy atom. The maximum Gasteiger partial charge on any atom is 0.251 e. The molecule has 0 radical (unpaired) electrons. The molecule has 0 atom stereocenters. The van der Waals surface area contributed by atoms with Gasteiger partial charge in [-0.1, -0.05) is 38.1 Å². The minimum Gasteiger partial charge on any atom is -0.367 e. The molecule has 9 nitrogen and oxygen atoms in total. The SMILES string of the molecule is CC(C)CNc1nc(-c2ccc(S(=O)(=O)NC3CC3)cc2)cn2c(-c3ccc(C(=O)NC4CC4)cc3)cnc12. The van der Waals surface area contributed by atoms with Crippen molar-refractivity contribution < 1.29 is 13.2 Å². The van der Waals surface area contributed by atoms with Crippen molar-refractivity contribution >= 4 is 27.4 Å². The molecule has 2 fully saturated rings. The van der Waals surface area contributed by atoms with Crippen LogP contribution in [0.15, 0.2) is 65.8 Å². The lowest BCUT2D eigenvalue weighted by atomic mass is 10.1. The molecular formula is C29H32N6O3S. The third-order valence-corrected chi connectivity index (χ3v) is 8.42. The summed E-state index contributed by atoms with van der Waals surface area (Å²) in [5, 5.41) is 6.44. The second-order valence-corrected chi connectivity index (χ2v) is 12.5. The molecule has 4 aromatic rings. The first-order chi connectivity index (χ1) is 18.8. The minimum absolute atomic E-state index is 0.0494. The van der Waals surface area contributed by atoms with Gasteiger partial charge >= 0.3 is 0 Å². The smallest absolute Gasteiger partial charge is 0.251 e. The third-order valence-electron chi connectivity index (χ3n) is 6.89. The Hall–Kier alpha value is -3.76. The van der Waals surface area contributed by atoms with Gasteiger partial charge in [0, 0.05) is 41.5 Å². The van der Waals surface area contributed by atoms with Gasteiger partial charge in [-0.15, -0.1) is 0 Å². The molecule has 0 aliphatic heterocycles. The number of hydrogen-bond donors (Lipinski definition) is 3. The fraction of sp³-hybridized carbons (Fsp3) is 0.345. The van der Waals surface area contributed by atoms with E-state index < -0.39 is 10.0 Å². The maximum absolute atomic E-state index is 12.6. The lowest BCUT2D eigenvalue weighted by Gasteiger charge is -2.13. The van der Waals surface area contributed by atoms with Crippen LogP contribution in [-0.4, -0.2) is 47.3 Å². The van der Waals surface area contributed by atoms with Crippen LogP contribution < -0.4 is 15.4 Å². The lowest BCUT2D eigenvalue weighted by Crippen LogP contribution is -2.25. The van der Waals surface area contributed by atoms with Crippen LogP contribution in [0.4, 0.5) is 5.82 Å². The zero-order valence-electron chi connectivity index (χ0n) is 22.0. The summed E-state index contributed by atoms with van der Waals surface area (Å²) in [6.07, 6.45) is 7.59. The average Bonchev–Trinajstić information content (AvgIpc) is 3.86. The molecule has 1 amide bonds. The maximum atomic E-state index is 12.6. The number of rotatable bonds is 10. The Kier molecular flexibility index (Phi) is 6.60. The van der Waals surface area contributed by atoms with Crippen molar-refractivity contribution in [3.8, 4) is 22.5 Å². The second-order valence-electron chi connectivity index (χ2n) is 10.8. The van der Waals surface area contributed by atoms with Gasteiger partial charge in [0.05, 0.1) is 22.5 Å². The van der Waals surface area contributed by atoms with Crippen LogP contribution in [0, 0.1) is 5.92 Å². The number of sulfonamides is 1. The fourth-order valence-corrected chi connectivity index (χ4v) is 5.65. The van der Waals surface area contributed by atoms with Gasteiger partial charge in [0.15, 0.2) is 11.5 Å². The van der Waals surface area contributed by atoms with E-state index >= 15 is 0 Å². The highest BCUT2D eigenvalue weighted by Gasteiger charge is 2.28. The van der Waals surface area contributed by atoms with E-state index in [0.717, 1.165) is 49.0 Å². The summed E-state index contributed by atoms with van der Waals surface area (Å²) >= 11 is 0. The van der Waals surface area contributed by atoms with Crippen molar-refractivity contribution in [3.63, 3.8) is 0 Å². The van der Waals surface area contributed by atoms with E-state index in [1.54, 1.807) is 30.5 Å². The Bertz CT molecular complexity index is 1620. The van der Waals surface area contributed by atoms with E-state index in [9.17, 15) is 13.2 Å². The third kappa shape index (κ3) is 5.67. The van der Waals surface area contributed by atoms with Gasteiger partial charge in [-0.05, 0) is 55.9 Å². The molecule has 202 valence electrons. The number of hydrogen-bond acceptors (Lipinski definition) is 6. The van der Waals surface area contributed by atoms with E-state index in [0.29, 0.717) is 34.7 Å². The van der Waals surface area contributed by atoms with Crippen molar-refractivity contribution in [2.24, 2.45) is 5.92 Å². The number of carbonyl (C=O) groups is 1. The number of imidazole rings is 1. The van der Waals surface area contributed by atoms with E-state index in [4.69, 9.17) is 4.98 Å². The lowest BCUT2D eigenvalue weighted by molar-refractivity contribution is 0.0951. The molecule has 2 saturated carbocycles. The van der Waals surface area contributed by atoms with E-state index in [1.165, 1.54) is 0 Å². The molecule has 0 saturated heterocycles. The van der Waals surface area contributed by atoms with Crippen molar-refractivity contribution in [3.05, 3.63) is 66.5 Å². The van der Waals surface area contributed by atoms with Gasteiger partial charge in [-0.2, -0.15) is 0 Å². The van der Waals surface area contributed by atoms with Gasteiger partial charge < -0.3 is 10.6 Å². The first-order valence-corrected chi connectivity index (χ1v) is 14.9. The van der Waals surface area contributed by atoms with E-state index in [1.807, 2.05) is 34.9 Å². The van der Waals surface area contributed by atoms with Crippen molar-refractivity contribution in [1.29, 1.82) is 0 Å². The van der Waals surface area contributed by atoms with Crippen LogP contribution >= 0.6 is 0 Å². The summed E-state index contributed by atoms with van der Waals surface area (Å²) < 4.78 is 30.0. The highest BCUT2D eigenvalue weighted by atomic mass is 32.2. The first-order valence-electron chi connectivity index (χ1n) is 13.4. The fourth-order valence-electron chi connectivity index (χ4n) is 4.34. The molecular weight excluding hydrogens is 512 g/mol. The Labute approximate surface area is 228 Å². The molecule has 39 heavy (non-hydrogen) atoms. The summed E-state index contributed by atoms with van der Waals surface area (Å²) in [5.74, 6) is 1.01. The van der Waals surface area contributed by atoms with Crippen LogP contribution in [0.3, 0.4) is 0 Å². The van der Waals surface area contributed by atoms with Gasteiger partial charge in [0.1, 0.15) is 0 Å². The first kappa shape index (κ1) is 25.5. The molecule has 2 aliphatic rings. The number of nitrogens with one attached hydrogen (secondary N) is 3. The number of carbonyl (C=O) groups excluding carboxylic acids is 1. The normalized spacial score (nSPS) is 15.6. The quantitative estimate of drug-likeness (QED) is 0.271. The van der Waals surface area contributed by atoms with Crippen LogP contribution in [0.2, 0.25) is 0 Å². The predicted molar refractivity (Wildman–Crippen MR) is 151 cm³/mol. The van der Waals surface area contributed by atoms with Crippen LogP contribution in [0.25, 0.3) is 28.2 Å². The van der Waals surface area contributed by atoms with Gasteiger partial charge in [-0.3, -0.25) is 9.20 Å². The standard InChI is InChI=1S/C29H32N6O3S/c1-18(2)15-30-27-28-31-16-26(20-3-5-21(6-4-20)29(36)32-22-9-10-22)35(28)17-25(33-27)19-7-13-24(14-8-19)39(37,38)34-23-11-12-23/h3-8,13-14,16-18,22-23,34H,9-12,15H2,1-2H3,(H,30,33)(H,32,36). The molecule has 2 heterocycles. The zero-order valence-corrected chi connectivity index (χ0v) is 22.8. The van der Waals surface area contributed by atoms with E-state index in [-0.39, 0.29) is 16.8 Å². The van der Waals surface area contributed by atoms with Crippen molar-refractivity contribution in [2.75, 3.05) is 11.9 Å². The predicted octanol–water partition coefficient (Wildman–Crippen LogP) is 4.46. The topological polar surface area (TPSA) is 117 Å². The van der Waals surface area contributed by atoms with E-state index in [2.05, 4.69) is 34.2 Å². The highest BCUT2D eigenvalue weighted by Crippen LogP contribution is 2.29. The Balaban J connectivity index is 1.35. The summed E-state index contributed by atoms with van der Waals surface area (Å²) in [6.45, 7) is 4.98. The summed E-state index contributed by atoms with van der Waals surface area (Å²) in [5.41, 5.74) is 4.59. The molecule has 10 heteroatoms. The van der Waals surface area contributed by atoms with Crippen LogP contribution in [0.5, 0.6) is 0 Å². The molecule has 0 bridgehead atoms. The van der Waals surface area contributed by atoms with Crippen molar-refractivity contribution in [1.82, 2.24) is 24.4 Å². The summed E-state index contributed by atoms with van der Waals surface area (Å²) in [7, 11) is -3.53. The molecule has 3 N–H and O–H groups in total. The number of nitrogens with zero attached hydrogens (tertiary/aromatic N) is 3. The Morgan fingerprint density at radius 1 is 0.974 bits per heavy atom. The summed E-state index contributed by atoms with van der Waals surface area (Å²) in [6, 6.07) is 14.7. The van der Waals surface area contributed by atoms with Crippen LogP contribution in [0.1, 0.15) is 49.9 Å². The number of aromatic nitrogens is 3. The number of benzene rings is 2. The molecule has 2 aliphatic carbocycles. The van der Waals surface area contributed by atoms with Gasteiger partial charge in [-0.25, -0.2) is 23.1 Å². The van der Waals surface area contributed by atoms with Crippen molar-refractivity contribution in [2.45, 2.75) is 56.5 Å². The van der Waals surface area contributed by atoms with Gasteiger partial charge in [0.2, 0.25) is 10.0 Å². The zero-order chi connectivity index (χ0) is 27.1. The number of amides is 1. The second kappa shape index (κ2) is 10.1. The highest BCUT2D eigenvalue weighted by molar-refractivity contribution is 7.89. The molecule has 6 rings (SSSR count). The average molecular weight is 545 g/mol.